The van der Waals surface area contributed by atoms with Crippen LogP contribution in [0.4, 0.5) is 0 Å². The van der Waals surface area contributed by atoms with Crippen molar-refractivity contribution in [3.63, 3.8) is 0 Å². The fourth-order valence-corrected chi connectivity index (χ4v) is 9.28. The van der Waals surface area contributed by atoms with Crippen LogP contribution in [0.15, 0.2) is 176 Å². The molecule has 0 aliphatic carbocycles. The summed E-state index contributed by atoms with van der Waals surface area (Å²) in [5.74, 6) is 7.76. The minimum atomic E-state index is -1.66. The second kappa shape index (κ2) is 15.9. The Balaban J connectivity index is 0.000000150. The monoisotopic (exact) mass is 834 g/mol. The third-order valence-corrected chi connectivity index (χ3v) is 11.8. The van der Waals surface area contributed by atoms with Gasteiger partial charge in [0.05, 0.1) is 56.1 Å². The molecule has 0 fully saturated rings. The minimum absolute atomic E-state index is 0.464. The zero-order valence-electron chi connectivity index (χ0n) is 35.0. The lowest BCUT2D eigenvalue weighted by Crippen LogP contribution is -2.37. The number of ether oxygens (including phenoxy) is 8. The van der Waals surface area contributed by atoms with Crippen molar-refractivity contribution < 1.29 is 43.0 Å². The first kappa shape index (κ1) is 39.3. The fourth-order valence-electron chi connectivity index (χ4n) is 9.28. The number of benzene rings is 8. The molecule has 3 aliphatic heterocycles. The summed E-state index contributed by atoms with van der Waals surface area (Å²) >= 11 is 0. The van der Waals surface area contributed by atoms with Crippen molar-refractivity contribution in [1.29, 1.82) is 0 Å². The Labute approximate surface area is 365 Å². The molecule has 9 heteroatoms. The molecule has 1 spiro atoms. The zero-order chi connectivity index (χ0) is 43.1. The smallest absolute Gasteiger partial charge is 0.158 e. The number of hydrogen-bond acceptors (Lipinski definition) is 9. The number of rotatable bonds is 7. The van der Waals surface area contributed by atoms with Gasteiger partial charge in [0.15, 0.2) is 5.60 Å². The molecule has 1 N–H and O–H groups in total. The Bertz CT molecular complexity index is 2900. The standard InChI is InChI=1S/C27H22O5.C27H20O4/c1-29-21-14-8-16-23(31-18-10-4-3-5-11-18)25(21)27(28)19-12-6-7-13-20(19)32-24-17-9-15-22(30-2)26(24)27;1-28-21-13-7-15-23-25(21)27(17-9-3-5-11-19(17)30-23)18-10-4-6-12-20(18)31-24-16-8-14-22(29-2)26(24)27/h3-17,28H,1-2H3;3-16H,1-2H3. The van der Waals surface area contributed by atoms with Crippen LogP contribution in [0.5, 0.6) is 69.0 Å². The predicted molar refractivity (Wildman–Crippen MR) is 239 cm³/mol. The molecule has 63 heavy (non-hydrogen) atoms. The number of methoxy groups -OCH3 is 4. The summed E-state index contributed by atoms with van der Waals surface area (Å²) < 4.78 is 48.4. The molecule has 0 bridgehead atoms. The number of hydrogen-bond donors (Lipinski definition) is 1. The first-order chi connectivity index (χ1) is 30.9. The van der Waals surface area contributed by atoms with Crippen LogP contribution in [0.3, 0.4) is 0 Å². The van der Waals surface area contributed by atoms with Gasteiger partial charge < -0.3 is 43.0 Å². The van der Waals surface area contributed by atoms with E-state index in [0.717, 1.165) is 56.8 Å². The molecule has 8 aromatic carbocycles. The van der Waals surface area contributed by atoms with E-state index in [1.54, 1.807) is 40.6 Å². The maximum atomic E-state index is 12.6. The van der Waals surface area contributed by atoms with E-state index in [2.05, 4.69) is 12.1 Å². The number of para-hydroxylation sites is 4. The molecule has 8 aromatic rings. The average Bonchev–Trinajstić information content (AvgIpc) is 3.33. The van der Waals surface area contributed by atoms with Crippen LogP contribution < -0.4 is 37.9 Å². The predicted octanol–water partition coefficient (Wildman–Crippen LogP) is 12.2. The summed E-state index contributed by atoms with van der Waals surface area (Å²) in [6.45, 7) is 0. The van der Waals surface area contributed by atoms with E-state index in [0.29, 0.717) is 51.2 Å². The van der Waals surface area contributed by atoms with Gasteiger partial charge in [-0.25, -0.2) is 0 Å². The lowest BCUT2D eigenvalue weighted by molar-refractivity contribution is 0.103. The first-order valence-electron chi connectivity index (χ1n) is 20.4. The highest BCUT2D eigenvalue weighted by molar-refractivity contribution is 5.79. The Hall–Kier alpha value is -7.88. The largest absolute Gasteiger partial charge is 0.496 e. The molecule has 11 rings (SSSR count). The summed E-state index contributed by atoms with van der Waals surface area (Å²) in [6, 6.07) is 55.9. The second-order valence-corrected chi connectivity index (χ2v) is 15.0. The molecule has 3 aliphatic rings. The third-order valence-electron chi connectivity index (χ3n) is 11.8. The van der Waals surface area contributed by atoms with E-state index < -0.39 is 11.0 Å². The van der Waals surface area contributed by atoms with Gasteiger partial charge in [0, 0.05) is 16.7 Å². The van der Waals surface area contributed by atoms with E-state index in [-0.39, 0.29) is 0 Å². The van der Waals surface area contributed by atoms with E-state index in [1.165, 1.54) is 0 Å². The van der Waals surface area contributed by atoms with Gasteiger partial charge in [0.1, 0.15) is 69.0 Å². The highest BCUT2D eigenvalue weighted by atomic mass is 16.5. The van der Waals surface area contributed by atoms with Crippen LogP contribution in [-0.4, -0.2) is 33.5 Å². The molecule has 0 amide bonds. The van der Waals surface area contributed by atoms with Crippen LogP contribution in [0.25, 0.3) is 0 Å². The van der Waals surface area contributed by atoms with Crippen LogP contribution >= 0.6 is 0 Å². The number of aliphatic hydroxyl groups is 1. The SMILES string of the molecule is COc1cccc(Oc2ccccc2)c1C1(O)c2ccccc2Oc2cccc(OC)c21.COc1cccc2c1C1(c3ccccc3O2)c2ccccc2Oc2cccc(OC)c21. The summed E-state index contributed by atoms with van der Waals surface area (Å²) in [6.07, 6.45) is 0. The number of fused-ring (bicyclic) bond motifs is 10. The van der Waals surface area contributed by atoms with Gasteiger partial charge in [-0.15, -0.1) is 0 Å². The van der Waals surface area contributed by atoms with E-state index >= 15 is 0 Å². The summed E-state index contributed by atoms with van der Waals surface area (Å²) in [4.78, 5) is 0. The van der Waals surface area contributed by atoms with Gasteiger partial charge in [-0.3, -0.25) is 0 Å². The highest BCUT2D eigenvalue weighted by Crippen LogP contribution is 2.65. The quantitative estimate of drug-likeness (QED) is 0.168. The Morgan fingerprint density at radius 2 is 0.683 bits per heavy atom. The molecule has 0 radical (unpaired) electrons. The van der Waals surface area contributed by atoms with Crippen molar-refractivity contribution in [2.24, 2.45) is 0 Å². The van der Waals surface area contributed by atoms with Crippen molar-refractivity contribution in [3.05, 3.63) is 215 Å². The summed E-state index contributed by atoms with van der Waals surface area (Å²) in [7, 11) is 6.53. The van der Waals surface area contributed by atoms with Crippen molar-refractivity contribution in [3.8, 4) is 69.0 Å². The molecule has 3 heterocycles. The van der Waals surface area contributed by atoms with Crippen molar-refractivity contribution in [2.45, 2.75) is 11.0 Å². The molecule has 0 saturated heterocycles. The molecule has 312 valence electrons. The zero-order valence-corrected chi connectivity index (χ0v) is 35.0. The molecule has 9 nitrogen and oxygen atoms in total. The van der Waals surface area contributed by atoms with Gasteiger partial charge in [-0.1, -0.05) is 97.1 Å². The fraction of sp³-hybridized carbons (Fsp3) is 0.111. The normalized spacial score (nSPS) is 15.3. The lowest BCUT2D eigenvalue weighted by Gasteiger charge is -2.45. The van der Waals surface area contributed by atoms with Crippen LogP contribution in [0.2, 0.25) is 0 Å². The van der Waals surface area contributed by atoms with Gasteiger partial charge in [-0.2, -0.15) is 0 Å². The summed E-state index contributed by atoms with van der Waals surface area (Å²) in [5.41, 5.74) is 3.06. The van der Waals surface area contributed by atoms with Crippen molar-refractivity contribution in [1.82, 2.24) is 0 Å². The molecule has 0 saturated carbocycles. The first-order valence-corrected chi connectivity index (χ1v) is 20.4. The van der Waals surface area contributed by atoms with Crippen LogP contribution in [0, 0.1) is 0 Å². The second-order valence-electron chi connectivity index (χ2n) is 15.0. The molecule has 0 aromatic heterocycles. The Morgan fingerprint density at radius 1 is 0.333 bits per heavy atom. The summed E-state index contributed by atoms with van der Waals surface area (Å²) in [5, 5.41) is 12.6. The van der Waals surface area contributed by atoms with Gasteiger partial charge in [0.25, 0.3) is 0 Å². The molecular formula is C54H42O9. The Kier molecular flexibility index (Phi) is 9.89. The van der Waals surface area contributed by atoms with Gasteiger partial charge in [-0.05, 0) is 78.9 Å². The van der Waals surface area contributed by atoms with Crippen LogP contribution in [-0.2, 0) is 11.0 Å². The van der Waals surface area contributed by atoms with Gasteiger partial charge in [0.2, 0.25) is 0 Å². The minimum Gasteiger partial charge on any atom is -0.496 e. The average molecular weight is 835 g/mol. The van der Waals surface area contributed by atoms with Crippen molar-refractivity contribution in [2.75, 3.05) is 28.4 Å². The van der Waals surface area contributed by atoms with Crippen molar-refractivity contribution >= 4 is 0 Å². The Morgan fingerprint density at radius 3 is 1.17 bits per heavy atom. The lowest BCUT2D eigenvalue weighted by atomic mass is 9.62. The highest BCUT2D eigenvalue weighted by Gasteiger charge is 2.54. The van der Waals surface area contributed by atoms with Gasteiger partial charge >= 0.3 is 0 Å². The van der Waals surface area contributed by atoms with E-state index in [4.69, 9.17) is 37.9 Å². The third kappa shape index (κ3) is 6.11. The van der Waals surface area contributed by atoms with E-state index in [1.807, 2.05) is 152 Å². The van der Waals surface area contributed by atoms with Crippen LogP contribution in [0.1, 0.15) is 38.9 Å². The molecule has 1 unspecified atom stereocenters. The topological polar surface area (TPSA) is 94.1 Å². The molecule has 1 atom stereocenters. The maximum absolute atomic E-state index is 12.6. The van der Waals surface area contributed by atoms with E-state index in [9.17, 15) is 5.11 Å². The maximum Gasteiger partial charge on any atom is 0.158 e. The molecular weight excluding hydrogens is 793 g/mol.